The van der Waals surface area contributed by atoms with Gasteiger partial charge in [0.1, 0.15) is 36.1 Å². The third kappa shape index (κ3) is 11.4. The van der Waals surface area contributed by atoms with Gasteiger partial charge in [0.2, 0.25) is 11.8 Å². The molecule has 0 saturated heterocycles. The highest BCUT2D eigenvalue weighted by molar-refractivity contribution is 7.98. The lowest BCUT2D eigenvalue weighted by atomic mass is 10.0. The van der Waals surface area contributed by atoms with Crippen LogP contribution in [0.25, 0.3) is 21.8 Å². The van der Waals surface area contributed by atoms with Crippen molar-refractivity contribution in [1.82, 2.24) is 25.9 Å². The molecule has 3 atom stereocenters. The molecule has 0 fully saturated rings. The van der Waals surface area contributed by atoms with Crippen LogP contribution >= 0.6 is 11.8 Å². The minimum absolute atomic E-state index is 0.0244. The summed E-state index contributed by atoms with van der Waals surface area (Å²) in [5, 5.41) is 10.3. The molecule has 0 bridgehead atoms. The van der Waals surface area contributed by atoms with Gasteiger partial charge in [0.05, 0.1) is 7.11 Å². The number of nitrogens with one attached hydrogen (secondary N) is 5. The minimum Gasteiger partial charge on any atom is -0.497 e. The van der Waals surface area contributed by atoms with Crippen LogP contribution in [0.4, 0.5) is 4.79 Å². The predicted molar refractivity (Wildman–Crippen MR) is 226 cm³/mol. The van der Waals surface area contributed by atoms with E-state index in [4.69, 9.17) is 14.2 Å². The summed E-state index contributed by atoms with van der Waals surface area (Å²) in [5.74, 6) is -0.314. The van der Waals surface area contributed by atoms with Gasteiger partial charge in [0.25, 0.3) is 0 Å². The monoisotopic (exact) mass is 803 g/mol. The summed E-state index contributed by atoms with van der Waals surface area (Å²) in [6, 6.07) is 28.9. The van der Waals surface area contributed by atoms with Crippen LogP contribution in [-0.4, -0.2) is 70.4 Å². The zero-order valence-corrected chi connectivity index (χ0v) is 33.8. The number of alkyl carbamates (subject to hydrolysis) is 1. The molecule has 2 aromatic heterocycles. The molecule has 3 amide bonds. The first-order valence-electron chi connectivity index (χ1n) is 19.1. The highest BCUT2D eigenvalue weighted by Crippen LogP contribution is 2.22. The molecule has 0 spiro atoms. The SMILES string of the molecule is COc1ccc(CSC[C@H](NC(=O)[C@H](Cc2c[nH]c3ccccc23)NC(=O)[C@H](Cc2c[nH]c3ccccc23)NC(=O)OC(C)(C)C)C(=O)OCc2ccccc2)cc1. The zero-order chi connectivity index (χ0) is 41.1. The molecule has 0 aliphatic heterocycles. The number of methoxy groups -OCH3 is 1. The van der Waals surface area contributed by atoms with Crippen molar-refractivity contribution in [3.05, 3.63) is 138 Å². The fourth-order valence-electron chi connectivity index (χ4n) is 6.47. The number of esters is 1. The van der Waals surface area contributed by atoms with E-state index in [-0.39, 0.29) is 25.2 Å². The molecule has 0 unspecified atom stereocenters. The normalized spacial score (nSPS) is 13.0. The summed E-state index contributed by atoms with van der Waals surface area (Å²) in [7, 11) is 1.60. The van der Waals surface area contributed by atoms with Gasteiger partial charge in [0.15, 0.2) is 0 Å². The zero-order valence-electron chi connectivity index (χ0n) is 33.0. The second-order valence-electron chi connectivity index (χ2n) is 14.9. The Kier molecular flexibility index (Phi) is 13.8. The largest absolute Gasteiger partial charge is 0.497 e. The Hall–Kier alpha value is -6.21. The number of thioether (sulfide) groups is 1. The van der Waals surface area contributed by atoms with Crippen molar-refractivity contribution in [3.63, 3.8) is 0 Å². The van der Waals surface area contributed by atoms with Crippen molar-refractivity contribution in [2.75, 3.05) is 12.9 Å². The molecule has 6 rings (SSSR count). The summed E-state index contributed by atoms with van der Waals surface area (Å²) >= 11 is 1.46. The Morgan fingerprint density at radius 1 is 0.655 bits per heavy atom. The van der Waals surface area contributed by atoms with Crippen molar-refractivity contribution in [3.8, 4) is 5.75 Å². The van der Waals surface area contributed by atoms with Crippen LogP contribution in [0, 0.1) is 0 Å². The van der Waals surface area contributed by atoms with Crippen LogP contribution in [0.2, 0.25) is 0 Å². The molecule has 2 heterocycles. The maximum Gasteiger partial charge on any atom is 0.408 e. The number of fused-ring (bicyclic) bond motifs is 2. The number of ether oxygens (including phenoxy) is 3. The van der Waals surface area contributed by atoms with E-state index in [0.29, 0.717) is 5.75 Å². The molecule has 0 aliphatic rings. The first kappa shape index (κ1) is 41.4. The number of aromatic nitrogens is 2. The first-order valence-corrected chi connectivity index (χ1v) is 20.2. The number of aromatic amines is 2. The van der Waals surface area contributed by atoms with Crippen LogP contribution in [0.1, 0.15) is 43.0 Å². The molecular formula is C45H49N5O7S. The molecule has 6 aromatic rings. The van der Waals surface area contributed by atoms with Crippen molar-refractivity contribution in [2.24, 2.45) is 0 Å². The lowest BCUT2D eigenvalue weighted by molar-refractivity contribution is -0.148. The minimum atomic E-state index is -1.16. The Balaban J connectivity index is 1.26. The number of carbonyl (C=O) groups excluding carboxylic acids is 4. The maximum absolute atomic E-state index is 14.5. The molecule has 0 aliphatic carbocycles. The molecule has 58 heavy (non-hydrogen) atoms. The summed E-state index contributed by atoms with van der Waals surface area (Å²) in [5.41, 5.74) is 4.30. The lowest BCUT2D eigenvalue weighted by Crippen LogP contribution is -2.57. The molecule has 12 nitrogen and oxygen atoms in total. The first-order chi connectivity index (χ1) is 28.0. The van der Waals surface area contributed by atoms with Crippen molar-refractivity contribution < 1.29 is 33.4 Å². The number of para-hydroxylation sites is 2. The second kappa shape index (κ2) is 19.3. The van der Waals surface area contributed by atoms with E-state index in [1.807, 2.05) is 103 Å². The highest BCUT2D eigenvalue weighted by Gasteiger charge is 2.32. The van der Waals surface area contributed by atoms with Gasteiger partial charge in [-0.15, -0.1) is 0 Å². The van der Waals surface area contributed by atoms with E-state index >= 15 is 0 Å². The van der Waals surface area contributed by atoms with Crippen LogP contribution in [0.3, 0.4) is 0 Å². The second-order valence-corrected chi connectivity index (χ2v) is 15.9. The third-order valence-electron chi connectivity index (χ3n) is 9.38. The van der Waals surface area contributed by atoms with E-state index in [0.717, 1.165) is 49.8 Å². The number of amides is 3. The maximum atomic E-state index is 14.5. The van der Waals surface area contributed by atoms with Crippen molar-refractivity contribution >= 4 is 57.4 Å². The van der Waals surface area contributed by atoms with Crippen molar-refractivity contribution in [2.45, 2.75) is 69.7 Å². The Bertz CT molecular complexity index is 2320. The Morgan fingerprint density at radius 3 is 1.76 bits per heavy atom. The number of benzene rings is 4. The predicted octanol–water partition coefficient (Wildman–Crippen LogP) is 6.98. The molecule has 13 heteroatoms. The standard InChI is InChI=1S/C45H49N5O7S/c1-45(2,3)57-44(54)50-39(23-32-25-47-37-17-11-9-15-35(32)37)42(52)48-38(22-31-24-46-36-16-10-8-14-34(31)36)41(51)49-40(43(53)56-26-29-12-6-5-7-13-29)28-58-27-30-18-20-33(55-4)21-19-30/h5-21,24-25,38-40,46-47H,22-23,26-28H2,1-4H3,(H,48,52)(H,49,51)(H,50,54)/t38-,39-,40-/m0/s1. The van der Waals surface area contributed by atoms with Crippen LogP contribution < -0.4 is 20.7 Å². The van der Waals surface area contributed by atoms with Gasteiger partial charge in [-0.05, 0) is 67.3 Å². The summed E-state index contributed by atoms with van der Waals surface area (Å²) in [6.45, 7) is 5.23. The van der Waals surface area contributed by atoms with E-state index in [1.54, 1.807) is 40.3 Å². The molecule has 5 N–H and O–H groups in total. The third-order valence-corrected chi connectivity index (χ3v) is 10.5. The fraction of sp³-hybridized carbons (Fsp3) is 0.289. The van der Waals surface area contributed by atoms with Gasteiger partial charge in [0, 0.05) is 58.5 Å². The number of H-pyrrole nitrogens is 2. The van der Waals surface area contributed by atoms with Gasteiger partial charge in [-0.2, -0.15) is 11.8 Å². The number of carbonyl (C=O) groups is 4. The van der Waals surface area contributed by atoms with E-state index < -0.39 is 47.6 Å². The molecule has 302 valence electrons. The fourth-order valence-corrected chi connectivity index (χ4v) is 7.47. The van der Waals surface area contributed by atoms with Gasteiger partial charge in [-0.25, -0.2) is 9.59 Å². The molecule has 0 radical (unpaired) electrons. The van der Waals surface area contributed by atoms with Gasteiger partial charge in [-0.1, -0.05) is 78.9 Å². The highest BCUT2D eigenvalue weighted by atomic mass is 32.2. The van der Waals surface area contributed by atoms with Gasteiger partial charge in [-0.3, -0.25) is 9.59 Å². The van der Waals surface area contributed by atoms with Gasteiger partial charge >= 0.3 is 12.1 Å². The summed E-state index contributed by atoms with van der Waals surface area (Å²) in [4.78, 5) is 62.2. The van der Waals surface area contributed by atoms with Crippen LogP contribution in [0.15, 0.2) is 116 Å². The summed E-state index contributed by atoms with van der Waals surface area (Å²) in [6.07, 6.45) is 3.01. The number of hydrogen-bond acceptors (Lipinski definition) is 8. The average molecular weight is 804 g/mol. The Morgan fingerprint density at radius 2 is 1.19 bits per heavy atom. The number of rotatable bonds is 17. The van der Waals surface area contributed by atoms with Crippen LogP contribution in [0.5, 0.6) is 5.75 Å². The molecule has 4 aromatic carbocycles. The summed E-state index contributed by atoms with van der Waals surface area (Å²) < 4.78 is 16.5. The molecule has 0 saturated carbocycles. The van der Waals surface area contributed by atoms with Crippen molar-refractivity contribution in [1.29, 1.82) is 0 Å². The van der Waals surface area contributed by atoms with Crippen LogP contribution in [-0.2, 0) is 49.1 Å². The topological polar surface area (TPSA) is 164 Å². The smallest absolute Gasteiger partial charge is 0.408 e. The number of hydrogen-bond donors (Lipinski definition) is 5. The van der Waals surface area contributed by atoms with E-state index in [1.165, 1.54) is 11.8 Å². The van der Waals surface area contributed by atoms with E-state index in [2.05, 4.69) is 25.9 Å². The lowest BCUT2D eigenvalue weighted by Gasteiger charge is -2.26. The average Bonchev–Trinajstić information content (AvgIpc) is 3.82. The quantitative estimate of drug-likeness (QED) is 0.0617. The van der Waals surface area contributed by atoms with E-state index in [9.17, 15) is 19.2 Å². The Labute approximate surface area is 341 Å². The molecular weight excluding hydrogens is 755 g/mol. The van der Waals surface area contributed by atoms with Gasteiger partial charge < -0.3 is 40.1 Å².